The van der Waals surface area contributed by atoms with Gasteiger partial charge in [0.2, 0.25) is 11.8 Å². The summed E-state index contributed by atoms with van der Waals surface area (Å²) in [6.07, 6.45) is 0.701. The first-order valence-electron chi connectivity index (χ1n) is 12.0. The molecule has 1 aromatic heterocycles. The van der Waals surface area contributed by atoms with Crippen molar-refractivity contribution >= 4 is 22.8 Å². The van der Waals surface area contributed by atoms with Gasteiger partial charge in [0.1, 0.15) is 23.9 Å². The summed E-state index contributed by atoms with van der Waals surface area (Å²) in [6, 6.07) is 21.7. The molecule has 0 aliphatic rings. The lowest BCUT2D eigenvalue weighted by Crippen LogP contribution is -2.50. The highest BCUT2D eigenvalue weighted by molar-refractivity contribution is 5.89. The van der Waals surface area contributed by atoms with Crippen LogP contribution in [0.3, 0.4) is 0 Å². The van der Waals surface area contributed by atoms with Crippen molar-refractivity contribution in [1.82, 2.24) is 25.2 Å². The van der Waals surface area contributed by atoms with Crippen molar-refractivity contribution in [2.24, 2.45) is 0 Å². The van der Waals surface area contributed by atoms with Gasteiger partial charge in [0.15, 0.2) is 0 Å². The molecule has 4 aromatic rings. The minimum atomic E-state index is -0.973. The molecule has 0 saturated carbocycles. The third-order valence-corrected chi connectivity index (χ3v) is 6.34. The van der Waals surface area contributed by atoms with E-state index in [-0.39, 0.29) is 24.9 Å². The van der Waals surface area contributed by atoms with E-state index < -0.39 is 17.4 Å². The number of fused-ring (bicyclic) bond motifs is 1. The Kier molecular flexibility index (Phi) is 7.43. The minimum Gasteiger partial charge on any atom is -0.349 e. The maximum absolute atomic E-state index is 14.7. The molecule has 3 aromatic carbocycles. The normalized spacial score (nSPS) is 12.3. The molecule has 0 aliphatic heterocycles. The highest BCUT2D eigenvalue weighted by atomic mass is 19.1. The van der Waals surface area contributed by atoms with Crippen LogP contribution in [0.1, 0.15) is 44.4 Å². The smallest absolute Gasteiger partial charge is 0.247 e. The van der Waals surface area contributed by atoms with Crippen molar-refractivity contribution < 1.29 is 14.0 Å². The maximum Gasteiger partial charge on any atom is 0.247 e. The highest BCUT2D eigenvalue weighted by Crippen LogP contribution is 2.26. The van der Waals surface area contributed by atoms with Gasteiger partial charge in [-0.1, -0.05) is 72.8 Å². The van der Waals surface area contributed by atoms with Gasteiger partial charge in [-0.2, -0.15) is 0 Å². The fourth-order valence-electron chi connectivity index (χ4n) is 3.99. The first-order valence-corrected chi connectivity index (χ1v) is 12.0. The molecular weight excluding hydrogens is 457 g/mol. The summed E-state index contributed by atoms with van der Waals surface area (Å²) in [4.78, 5) is 29.0. The third kappa shape index (κ3) is 5.59. The zero-order valence-electron chi connectivity index (χ0n) is 20.7. The molecule has 0 aliphatic carbocycles. The van der Waals surface area contributed by atoms with Crippen molar-refractivity contribution in [3.8, 4) is 0 Å². The molecule has 0 spiro atoms. The molecule has 2 amide bonds. The SMILES string of the molecule is CCC(C)(C)NC(=O)[C@@H](c1ccccc1)N(Cc1ccccc1F)C(=O)Cn1nnc2ccccc21. The van der Waals surface area contributed by atoms with Crippen LogP contribution < -0.4 is 5.32 Å². The molecule has 0 saturated heterocycles. The fraction of sp³-hybridized carbons (Fsp3) is 0.286. The van der Waals surface area contributed by atoms with Crippen LogP contribution in [0, 0.1) is 5.82 Å². The van der Waals surface area contributed by atoms with Gasteiger partial charge in [0.05, 0.1) is 5.52 Å². The summed E-state index contributed by atoms with van der Waals surface area (Å²) in [5.41, 5.74) is 1.82. The number of para-hydroxylation sites is 1. The summed E-state index contributed by atoms with van der Waals surface area (Å²) in [5, 5.41) is 11.3. The first kappa shape index (κ1) is 25.0. The van der Waals surface area contributed by atoms with E-state index in [1.54, 1.807) is 30.3 Å². The molecule has 8 heteroatoms. The van der Waals surface area contributed by atoms with Crippen LogP contribution in [0.5, 0.6) is 0 Å². The van der Waals surface area contributed by atoms with E-state index in [9.17, 15) is 14.0 Å². The zero-order valence-corrected chi connectivity index (χ0v) is 20.7. The van der Waals surface area contributed by atoms with E-state index in [0.29, 0.717) is 28.6 Å². The van der Waals surface area contributed by atoms with Gasteiger partial charge < -0.3 is 10.2 Å². The van der Waals surface area contributed by atoms with E-state index >= 15 is 0 Å². The third-order valence-electron chi connectivity index (χ3n) is 6.34. The number of hydrogen-bond donors (Lipinski definition) is 1. The Morgan fingerprint density at radius 3 is 2.39 bits per heavy atom. The molecule has 1 N–H and O–H groups in total. The van der Waals surface area contributed by atoms with E-state index in [0.717, 1.165) is 0 Å². The molecule has 36 heavy (non-hydrogen) atoms. The lowest BCUT2D eigenvalue weighted by Gasteiger charge is -2.34. The van der Waals surface area contributed by atoms with Gasteiger partial charge in [-0.25, -0.2) is 9.07 Å². The predicted octanol–water partition coefficient (Wildman–Crippen LogP) is 4.65. The van der Waals surface area contributed by atoms with Crippen LogP contribution in [-0.4, -0.2) is 37.2 Å². The Balaban J connectivity index is 1.76. The van der Waals surface area contributed by atoms with Crippen LogP contribution in [-0.2, 0) is 22.7 Å². The molecule has 0 fully saturated rings. The Bertz CT molecular complexity index is 1350. The average molecular weight is 488 g/mol. The standard InChI is InChI=1S/C28H30FN5O2/c1-4-28(2,3)30-27(36)26(20-12-6-5-7-13-20)33(18-21-14-8-9-15-22(21)29)25(35)19-34-24-17-11-10-16-23(24)31-32-34/h5-17,26H,4,18-19H2,1-3H3,(H,30,36)/t26-/m1/s1. The Hall–Kier alpha value is -4.07. The number of aromatic nitrogens is 3. The molecule has 0 radical (unpaired) electrons. The van der Waals surface area contributed by atoms with Crippen molar-refractivity contribution in [2.75, 3.05) is 0 Å². The van der Waals surface area contributed by atoms with Gasteiger partial charge in [-0.15, -0.1) is 5.10 Å². The number of carbonyl (C=O) groups is 2. The minimum absolute atomic E-state index is 0.0856. The molecule has 7 nitrogen and oxygen atoms in total. The Morgan fingerprint density at radius 2 is 1.67 bits per heavy atom. The summed E-state index contributed by atoms with van der Waals surface area (Å²) in [7, 11) is 0. The van der Waals surface area contributed by atoms with Gasteiger partial charge >= 0.3 is 0 Å². The van der Waals surface area contributed by atoms with Gasteiger partial charge in [-0.3, -0.25) is 9.59 Å². The monoisotopic (exact) mass is 487 g/mol. The number of nitrogens with zero attached hydrogens (tertiary/aromatic N) is 4. The maximum atomic E-state index is 14.7. The zero-order chi connectivity index (χ0) is 25.7. The van der Waals surface area contributed by atoms with Crippen LogP contribution in [0.4, 0.5) is 4.39 Å². The van der Waals surface area contributed by atoms with Gasteiger partial charge in [-0.05, 0) is 44.0 Å². The van der Waals surface area contributed by atoms with Crippen molar-refractivity contribution in [1.29, 1.82) is 0 Å². The second-order valence-electron chi connectivity index (χ2n) is 9.39. The molecule has 0 bridgehead atoms. The number of amides is 2. The molecule has 4 rings (SSSR count). The first-order chi connectivity index (χ1) is 17.3. The van der Waals surface area contributed by atoms with Gasteiger partial charge in [0, 0.05) is 17.6 Å². The summed E-state index contributed by atoms with van der Waals surface area (Å²) < 4.78 is 16.2. The van der Waals surface area contributed by atoms with Crippen molar-refractivity contribution in [3.05, 3.63) is 95.8 Å². The number of hydrogen-bond acceptors (Lipinski definition) is 4. The molecule has 0 unspecified atom stereocenters. The lowest BCUT2D eigenvalue weighted by molar-refractivity contribution is -0.143. The number of carbonyl (C=O) groups excluding carboxylic acids is 2. The van der Waals surface area contributed by atoms with E-state index in [1.807, 2.05) is 63.2 Å². The van der Waals surface area contributed by atoms with E-state index in [4.69, 9.17) is 0 Å². The second-order valence-corrected chi connectivity index (χ2v) is 9.39. The quantitative estimate of drug-likeness (QED) is 0.373. The fourth-order valence-corrected chi connectivity index (χ4v) is 3.99. The number of rotatable bonds is 9. The largest absolute Gasteiger partial charge is 0.349 e. The second kappa shape index (κ2) is 10.7. The topological polar surface area (TPSA) is 80.1 Å². The lowest BCUT2D eigenvalue weighted by atomic mass is 9.98. The Labute approximate surface area is 209 Å². The van der Waals surface area contributed by atoms with E-state index in [2.05, 4.69) is 15.6 Å². The van der Waals surface area contributed by atoms with Crippen LogP contribution in [0.25, 0.3) is 11.0 Å². The van der Waals surface area contributed by atoms with Crippen LogP contribution >= 0.6 is 0 Å². The van der Waals surface area contributed by atoms with Crippen molar-refractivity contribution in [2.45, 2.75) is 51.9 Å². The number of halogens is 1. The number of nitrogens with one attached hydrogen (secondary N) is 1. The molecule has 1 atom stereocenters. The van der Waals surface area contributed by atoms with Gasteiger partial charge in [0.25, 0.3) is 0 Å². The Morgan fingerprint density at radius 1 is 1.00 bits per heavy atom. The summed E-state index contributed by atoms with van der Waals surface area (Å²) in [5.74, 6) is -1.16. The average Bonchev–Trinajstić information content (AvgIpc) is 3.28. The summed E-state index contributed by atoms with van der Waals surface area (Å²) in [6.45, 7) is 5.60. The van der Waals surface area contributed by atoms with Crippen LogP contribution in [0.15, 0.2) is 78.9 Å². The summed E-state index contributed by atoms with van der Waals surface area (Å²) >= 11 is 0. The molecular formula is C28H30FN5O2. The molecule has 1 heterocycles. The predicted molar refractivity (Wildman–Crippen MR) is 136 cm³/mol. The van der Waals surface area contributed by atoms with E-state index in [1.165, 1.54) is 15.6 Å². The number of benzene rings is 3. The highest BCUT2D eigenvalue weighted by Gasteiger charge is 2.34. The van der Waals surface area contributed by atoms with Crippen LogP contribution in [0.2, 0.25) is 0 Å². The van der Waals surface area contributed by atoms with Crippen molar-refractivity contribution in [3.63, 3.8) is 0 Å². The molecule has 186 valence electrons.